The van der Waals surface area contributed by atoms with Crippen LogP contribution in [0.2, 0.25) is 0 Å². The second-order valence-corrected chi connectivity index (χ2v) is 6.52. The van der Waals surface area contributed by atoms with Gasteiger partial charge in [-0.2, -0.15) is 4.31 Å². The van der Waals surface area contributed by atoms with E-state index in [1.54, 1.807) is 6.07 Å². The first-order valence-corrected chi connectivity index (χ1v) is 7.65. The second-order valence-electron chi connectivity index (χ2n) is 3.73. The SMILES string of the molecule is C#CCN(CCC)S(=O)(=O)c1ccc(Br)c(N)c1. The number of terminal acetylenes is 1. The molecule has 0 bridgehead atoms. The molecule has 4 nitrogen and oxygen atoms in total. The van der Waals surface area contributed by atoms with Gasteiger partial charge in [0.15, 0.2) is 0 Å². The zero-order chi connectivity index (χ0) is 13.8. The van der Waals surface area contributed by atoms with Crippen molar-refractivity contribution in [3.63, 3.8) is 0 Å². The predicted octanol–water partition coefficient (Wildman–Crippen LogP) is 2.07. The quantitative estimate of drug-likeness (QED) is 0.664. The Kier molecular flexibility index (Phi) is 5.20. The maximum absolute atomic E-state index is 12.3. The highest BCUT2D eigenvalue weighted by Gasteiger charge is 2.23. The molecule has 2 N–H and O–H groups in total. The Labute approximate surface area is 116 Å². The molecule has 0 fully saturated rings. The molecule has 98 valence electrons. The Bertz CT molecular complexity index is 564. The summed E-state index contributed by atoms with van der Waals surface area (Å²) in [5.41, 5.74) is 6.08. The van der Waals surface area contributed by atoms with E-state index in [4.69, 9.17) is 12.2 Å². The average Bonchev–Trinajstić information content (AvgIpc) is 2.32. The number of nitrogens with zero attached hydrogens (tertiary/aromatic N) is 1. The van der Waals surface area contributed by atoms with Crippen LogP contribution >= 0.6 is 15.9 Å². The topological polar surface area (TPSA) is 63.4 Å². The van der Waals surface area contributed by atoms with E-state index in [9.17, 15) is 8.42 Å². The largest absolute Gasteiger partial charge is 0.398 e. The molecule has 0 saturated carbocycles. The van der Waals surface area contributed by atoms with Gasteiger partial charge in [0, 0.05) is 16.7 Å². The second kappa shape index (κ2) is 6.23. The molecule has 0 amide bonds. The Morgan fingerprint density at radius 2 is 2.17 bits per heavy atom. The van der Waals surface area contributed by atoms with Gasteiger partial charge in [-0.15, -0.1) is 6.42 Å². The molecule has 1 aromatic carbocycles. The van der Waals surface area contributed by atoms with Crippen molar-refractivity contribution >= 4 is 31.6 Å². The van der Waals surface area contributed by atoms with Crippen LogP contribution in [0.3, 0.4) is 0 Å². The third-order valence-corrected chi connectivity index (χ3v) is 4.91. The number of halogens is 1. The molecule has 6 heteroatoms. The first-order chi connectivity index (χ1) is 8.43. The van der Waals surface area contributed by atoms with Crippen LogP contribution in [-0.4, -0.2) is 25.8 Å². The van der Waals surface area contributed by atoms with Gasteiger partial charge in [0.05, 0.1) is 11.4 Å². The Morgan fingerprint density at radius 1 is 1.50 bits per heavy atom. The molecule has 0 aliphatic carbocycles. The summed E-state index contributed by atoms with van der Waals surface area (Å²) in [6.07, 6.45) is 5.90. The van der Waals surface area contributed by atoms with Crippen LogP contribution < -0.4 is 5.73 Å². The summed E-state index contributed by atoms with van der Waals surface area (Å²) in [5.74, 6) is 2.36. The highest BCUT2D eigenvalue weighted by atomic mass is 79.9. The van der Waals surface area contributed by atoms with Gasteiger partial charge in [0.1, 0.15) is 0 Å². The van der Waals surface area contributed by atoms with Crippen LogP contribution in [-0.2, 0) is 10.0 Å². The van der Waals surface area contributed by atoms with Crippen molar-refractivity contribution in [1.29, 1.82) is 0 Å². The van der Waals surface area contributed by atoms with Crippen molar-refractivity contribution in [1.82, 2.24) is 4.31 Å². The average molecular weight is 331 g/mol. The van der Waals surface area contributed by atoms with Gasteiger partial charge < -0.3 is 5.73 Å². The molecular formula is C12H15BrN2O2S. The van der Waals surface area contributed by atoms with Gasteiger partial charge in [-0.1, -0.05) is 12.8 Å². The van der Waals surface area contributed by atoms with E-state index in [0.29, 0.717) is 23.1 Å². The number of benzene rings is 1. The fourth-order valence-electron chi connectivity index (χ4n) is 1.47. The number of nitrogen functional groups attached to an aromatic ring is 1. The summed E-state index contributed by atoms with van der Waals surface area (Å²) < 4.78 is 26.6. The Hall–Kier alpha value is -1.03. The third kappa shape index (κ3) is 3.25. The summed E-state index contributed by atoms with van der Waals surface area (Å²) in [6.45, 7) is 2.35. The first-order valence-electron chi connectivity index (χ1n) is 5.42. The molecule has 0 atom stereocenters. The number of rotatable bonds is 5. The molecule has 0 spiro atoms. The number of hydrogen-bond acceptors (Lipinski definition) is 3. The van der Waals surface area contributed by atoms with Crippen LogP contribution in [0.5, 0.6) is 0 Å². The number of hydrogen-bond donors (Lipinski definition) is 1. The fraction of sp³-hybridized carbons (Fsp3) is 0.333. The fourth-order valence-corrected chi connectivity index (χ4v) is 3.19. The molecule has 1 rings (SSSR count). The highest BCUT2D eigenvalue weighted by molar-refractivity contribution is 9.10. The summed E-state index contributed by atoms with van der Waals surface area (Å²) >= 11 is 3.23. The van der Waals surface area contributed by atoms with Gasteiger partial charge in [-0.3, -0.25) is 0 Å². The number of sulfonamides is 1. The van der Waals surface area contributed by atoms with E-state index in [-0.39, 0.29) is 11.4 Å². The Balaban J connectivity index is 3.18. The Morgan fingerprint density at radius 3 is 2.67 bits per heavy atom. The molecule has 0 heterocycles. The van der Waals surface area contributed by atoms with E-state index in [0.717, 1.165) is 0 Å². The highest BCUT2D eigenvalue weighted by Crippen LogP contribution is 2.24. The van der Waals surface area contributed by atoms with Gasteiger partial charge in [0.25, 0.3) is 0 Å². The standard InChI is InChI=1S/C12H15BrN2O2S/c1-3-7-15(8-4-2)18(16,17)10-5-6-11(13)12(14)9-10/h1,5-6,9H,4,7-8,14H2,2H3. The smallest absolute Gasteiger partial charge is 0.244 e. The minimum absolute atomic E-state index is 0.0616. The number of nitrogens with two attached hydrogens (primary N) is 1. The monoisotopic (exact) mass is 330 g/mol. The molecule has 0 aliphatic heterocycles. The summed E-state index contributed by atoms with van der Waals surface area (Å²) in [4.78, 5) is 0.159. The normalized spacial score (nSPS) is 11.4. The van der Waals surface area contributed by atoms with E-state index < -0.39 is 10.0 Å². The van der Waals surface area contributed by atoms with Gasteiger partial charge >= 0.3 is 0 Å². The molecule has 0 aromatic heterocycles. The zero-order valence-electron chi connectivity index (χ0n) is 10.1. The van der Waals surface area contributed by atoms with Crippen LogP contribution in [0.15, 0.2) is 27.6 Å². The number of anilines is 1. The van der Waals surface area contributed by atoms with Crippen molar-refractivity contribution in [3.8, 4) is 12.3 Å². The van der Waals surface area contributed by atoms with Crippen molar-refractivity contribution in [2.24, 2.45) is 0 Å². The summed E-state index contributed by atoms with van der Waals surface area (Å²) in [6, 6.07) is 4.55. The molecule has 0 saturated heterocycles. The molecule has 0 aliphatic rings. The van der Waals surface area contributed by atoms with Crippen molar-refractivity contribution < 1.29 is 8.42 Å². The lowest BCUT2D eigenvalue weighted by atomic mass is 10.3. The first kappa shape index (κ1) is 15.0. The van der Waals surface area contributed by atoms with E-state index in [1.165, 1.54) is 16.4 Å². The molecule has 0 unspecified atom stereocenters. The molecule has 1 aromatic rings. The van der Waals surface area contributed by atoms with Crippen LogP contribution in [0, 0.1) is 12.3 Å². The van der Waals surface area contributed by atoms with Gasteiger partial charge in [0.2, 0.25) is 10.0 Å². The zero-order valence-corrected chi connectivity index (χ0v) is 12.5. The lowest BCUT2D eigenvalue weighted by Gasteiger charge is -2.19. The molecular weight excluding hydrogens is 316 g/mol. The van der Waals surface area contributed by atoms with Crippen molar-refractivity contribution in [3.05, 3.63) is 22.7 Å². The van der Waals surface area contributed by atoms with Crippen LogP contribution in [0.4, 0.5) is 5.69 Å². The van der Waals surface area contributed by atoms with E-state index >= 15 is 0 Å². The van der Waals surface area contributed by atoms with E-state index in [1.807, 2.05) is 6.92 Å². The van der Waals surface area contributed by atoms with Crippen molar-refractivity contribution in [2.75, 3.05) is 18.8 Å². The molecule has 0 radical (unpaired) electrons. The van der Waals surface area contributed by atoms with Crippen LogP contribution in [0.1, 0.15) is 13.3 Å². The third-order valence-electron chi connectivity index (χ3n) is 2.35. The molecule has 18 heavy (non-hydrogen) atoms. The lowest BCUT2D eigenvalue weighted by Crippen LogP contribution is -2.32. The van der Waals surface area contributed by atoms with Crippen molar-refractivity contribution in [2.45, 2.75) is 18.2 Å². The van der Waals surface area contributed by atoms with Gasteiger partial charge in [-0.25, -0.2) is 8.42 Å². The maximum atomic E-state index is 12.3. The minimum Gasteiger partial charge on any atom is -0.398 e. The summed E-state index contributed by atoms with van der Waals surface area (Å²) in [7, 11) is -3.57. The van der Waals surface area contributed by atoms with Crippen LogP contribution in [0.25, 0.3) is 0 Å². The predicted molar refractivity (Wildman–Crippen MR) is 76.4 cm³/mol. The maximum Gasteiger partial charge on any atom is 0.244 e. The minimum atomic E-state index is -3.57. The van der Waals surface area contributed by atoms with E-state index in [2.05, 4.69) is 21.9 Å². The summed E-state index contributed by atoms with van der Waals surface area (Å²) in [5, 5.41) is 0. The van der Waals surface area contributed by atoms with Gasteiger partial charge in [-0.05, 0) is 40.5 Å². The lowest BCUT2D eigenvalue weighted by molar-refractivity contribution is 0.445.